The minimum absolute atomic E-state index is 0. The van der Waals surface area contributed by atoms with Crippen LogP contribution >= 0.6 is 36.5 Å². The molecule has 1 aliphatic heterocycles. The van der Waals surface area contributed by atoms with Gasteiger partial charge in [-0.1, -0.05) is 34.2 Å². The van der Waals surface area contributed by atoms with Crippen molar-refractivity contribution >= 4 is 42.6 Å². The van der Waals surface area contributed by atoms with Crippen molar-refractivity contribution in [3.63, 3.8) is 0 Å². The van der Waals surface area contributed by atoms with E-state index in [2.05, 4.69) is 74.2 Å². The molecule has 0 bridgehead atoms. The van der Waals surface area contributed by atoms with E-state index in [1.54, 1.807) is 0 Å². The monoisotopic (exact) mass is 520 g/mol. The zero-order valence-corrected chi connectivity index (χ0v) is 19.5. The van der Waals surface area contributed by atoms with Crippen LogP contribution in [0.25, 0.3) is 6.08 Å². The van der Waals surface area contributed by atoms with Crippen molar-refractivity contribution < 1.29 is 47.5 Å². The summed E-state index contributed by atoms with van der Waals surface area (Å²) < 4.78 is 0.373. The van der Waals surface area contributed by atoms with Gasteiger partial charge in [-0.15, -0.1) is 59.2 Å². The number of fused-ring (bicyclic) bond motifs is 2. The van der Waals surface area contributed by atoms with Gasteiger partial charge in [0.25, 0.3) is 0 Å². The van der Waals surface area contributed by atoms with E-state index < -0.39 is 0 Å². The fraction of sp³-hybridized carbons (Fsp3) is 0.176. The predicted octanol–water partition coefficient (Wildman–Crippen LogP) is -0.263. The Balaban J connectivity index is 0.000000354. The minimum atomic E-state index is 0. The smallest absolute Gasteiger partial charge is 0.0528 e. The quantitative estimate of drug-likeness (QED) is 0.340. The van der Waals surface area contributed by atoms with Gasteiger partial charge in [-0.25, -0.2) is 0 Å². The van der Waals surface area contributed by atoms with E-state index in [9.17, 15) is 0 Å². The zero-order valence-electron chi connectivity index (χ0n) is 12.3. The SMILES string of the molecule is CC1=CC2=[C-]C(Br)SC2=C1.[Cl-].[Cl-].[S]=[Zr+2].[c-]1cccc2c1C=CC2. The van der Waals surface area contributed by atoms with Crippen LogP contribution < -0.4 is 24.8 Å². The third-order valence-corrected chi connectivity index (χ3v) is 4.80. The third kappa shape index (κ3) is 6.84. The number of alkyl halides is 1. The molecule has 0 aromatic heterocycles. The Kier molecular flexibility index (Phi) is 12.5. The number of rotatable bonds is 0. The van der Waals surface area contributed by atoms with Gasteiger partial charge < -0.3 is 24.8 Å². The Hall–Kier alpha value is 0.693. The van der Waals surface area contributed by atoms with Crippen LogP contribution in [0.4, 0.5) is 0 Å². The van der Waals surface area contributed by atoms with Gasteiger partial charge in [-0.3, -0.25) is 0 Å². The molecule has 4 rings (SSSR count). The number of allylic oxidation sites excluding steroid dienone is 5. The molecular weight excluding hydrogens is 510 g/mol. The van der Waals surface area contributed by atoms with Gasteiger partial charge in [0.05, 0.1) is 0 Å². The molecular formula is C17H13BrCl2S2Zr-2. The molecule has 0 spiro atoms. The first kappa shape index (κ1) is 23.7. The van der Waals surface area contributed by atoms with Crippen molar-refractivity contribution in [3.05, 3.63) is 75.7 Å². The van der Waals surface area contributed by atoms with Crippen molar-refractivity contribution in [3.8, 4) is 0 Å². The molecule has 0 saturated carbocycles. The fourth-order valence-electron chi connectivity index (χ4n) is 2.22. The second-order valence-electron chi connectivity index (χ2n) is 4.60. The summed E-state index contributed by atoms with van der Waals surface area (Å²) in [6.07, 6.45) is 13.0. The molecule has 0 saturated heterocycles. The Morgan fingerprint density at radius 1 is 1.30 bits per heavy atom. The van der Waals surface area contributed by atoms with Gasteiger partial charge in [0, 0.05) is 4.16 Å². The Morgan fingerprint density at radius 2 is 2.04 bits per heavy atom. The second kappa shape index (κ2) is 12.1. The van der Waals surface area contributed by atoms with Crippen LogP contribution in [0.15, 0.2) is 52.5 Å². The summed E-state index contributed by atoms with van der Waals surface area (Å²) in [5.74, 6) is 0. The largest absolute Gasteiger partial charge is 0.147 e. The van der Waals surface area contributed by atoms with E-state index in [0.29, 0.717) is 4.16 Å². The molecule has 0 fully saturated rings. The average molecular weight is 523 g/mol. The number of halogens is 3. The van der Waals surface area contributed by atoms with E-state index in [0.717, 1.165) is 29.1 Å². The molecule has 0 N–H and O–H groups in total. The Labute approximate surface area is 181 Å². The fourth-order valence-corrected chi connectivity index (χ4v) is 3.98. The normalized spacial score (nSPS) is 18.4. The van der Waals surface area contributed by atoms with Crippen molar-refractivity contribution in [2.75, 3.05) is 0 Å². The number of benzene rings is 1. The van der Waals surface area contributed by atoms with E-state index in [1.165, 1.54) is 27.2 Å². The van der Waals surface area contributed by atoms with Gasteiger partial charge in [0.15, 0.2) is 0 Å². The minimum Gasteiger partial charge on any atom is -0.147 e. The third-order valence-electron chi connectivity index (χ3n) is 3.10. The molecule has 1 atom stereocenters. The zero-order chi connectivity index (χ0) is 15.2. The van der Waals surface area contributed by atoms with Crippen molar-refractivity contribution in [1.29, 1.82) is 0 Å². The molecule has 1 aromatic rings. The molecule has 3 aliphatic rings. The standard InChI is InChI=1S/C9H7.C8H6BrS.2ClH.S.Zr/c1-2-5-9-7-3-6-8(9)4-1;1-5-2-6-4-8(9)10-7(6)3-5;;;;/h1-4,7H,6H2;2-3,8H,1H3;2*1H;;/q2*-1;;;;+2/p-2. The van der Waals surface area contributed by atoms with Crippen LogP contribution in [0.3, 0.4) is 0 Å². The van der Waals surface area contributed by atoms with Crippen molar-refractivity contribution in [1.82, 2.24) is 0 Å². The molecule has 23 heavy (non-hydrogen) atoms. The summed E-state index contributed by atoms with van der Waals surface area (Å²) in [7, 11) is 4.17. The first-order valence-electron chi connectivity index (χ1n) is 6.43. The van der Waals surface area contributed by atoms with Crippen molar-refractivity contribution in [2.24, 2.45) is 0 Å². The molecule has 2 aliphatic carbocycles. The second-order valence-corrected chi connectivity index (χ2v) is 7.27. The average Bonchev–Trinajstić information content (AvgIpc) is 3.15. The van der Waals surface area contributed by atoms with Crippen LogP contribution in [0.1, 0.15) is 18.1 Å². The summed E-state index contributed by atoms with van der Waals surface area (Å²) in [5.41, 5.74) is 5.27. The van der Waals surface area contributed by atoms with Crippen LogP contribution in [0, 0.1) is 12.1 Å². The summed E-state index contributed by atoms with van der Waals surface area (Å²) >= 11 is 6.43. The maximum absolute atomic E-state index is 4.17. The first-order chi connectivity index (χ1) is 10.2. The van der Waals surface area contributed by atoms with Crippen LogP contribution in [0.5, 0.6) is 0 Å². The molecule has 0 nitrogen and oxygen atoms in total. The van der Waals surface area contributed by atoms with Gasteiger partial charge in [0.1, 0.15) is 0 Å². The topological polar surface area (TPSA) is 0 Å². The Bertz CT molecular complexity index is 654. The maximum Gasteiger partial charge on any atom is -0.0528 e. The number of hydrogen-bond acceptors (Lipinski definition) is 2. The van der Waals surface area contributed by atoms with E-state index in [-0.39, 0.29) is 24.8 Å². The molecule has 0 amide bonds. The number of hydrogen-bond donors (Lipinski definition) is 0. The van der Waals surface area contributed by atoms with Crippen LogP contribution in [-0.2, 0) is 29.1 Å². The van der Waals surface area contributed by atoms with Gasteiger partial charge >= 0.3 is 31.5 Å². The van der Waals surface area contributed by atoms with E-state index in [1.807, 2.05) is 23.9 Å². The van der Waals surface area contributed by atoms with Gasteiger partial charge in [-0.2, -0.15) is 29.5 Å². The molecule has 1 heterocycles. The summed E-state index contributed by atoms with van der Waals surface area (Å²) in [6.45, 7) is 2.11. The molecule has 120 valence electrons. The summed E-state index contributed by atoms with van der Waals surface area (Å²) in [4.78, 5) is 1.36. The summed E-state index contributed by atoms with van der Waals surface area (Å²) in [5, 5.41) is 0. The first-order valence-corrected chi connectivity index (χ1v) is 11.6. The molecule has 0 radical (unpaired) electrons. The van der Waals surface area contributed by atoms with E-state index in [4.69, 9.17) is 0 Å². The Morgan fingerprint density at radius 3 is 2.70 bits per heavy atom. The van der Waals surface area contributed by atoms with E-state index >= 15 is 0 Å². The molecule has 6 heteroatoms. The number of thioether (sulfide) groups is 1. The predicted molar refractivity (Wildman–Crippen MR) is 94.5 cm³/mol. The molecule has 1 unspecified atom stereocenters. The summed E-state index contributed by atoms with van der Waals surface area (Å²) in [6, 6.07) is 9.29. The maximum atomic E-state index is 4.17. The van der Waals surface area contributed by atoms with Crippen LogP contribution in [0.2, 0.25) is 0 Å². The van der Waals surface area contributed by atoms with Gasteiger partial charge in [-0.05, 0) is 0 Å². The van der Waals surface area contributed by atoms with Crippen molar-refractivity contribution in [2.45, 2.75) is 17.5 Å². The molecule has 1 aromatic carbocycles. The van der Waals surface area contributed by atoms with Gasteiger partial charge in [0.2, 0.25) is 0 Å². The van der Waals surface area contributed by atoms with Crippen LogP contribution in [-0.4, -0.2) is 4.16 Å².